The molecular formula is C27H31NO6. The normalized spacial score (nSPS) is 26.1. The molecule has 1 saturated carbocycles. The summed E-state index contributed by atoms with van der Waals surface area (Å²) in [6.45, 7) is 3.31. The summed E-state index contributed by atoms with van der Waals surface area (Å²) in [4.78, 5) is 15.8. The van der Waals surface area contributed by atoms with Crippen molar-refractivity contribution >= 4 is 17.0 Å². The quantitative estimate of drug-likeness (QED) is 0.655. The zero-order valence-corrected chi connectivity index (χ0v) is 20.1. The molecule has 7 nitrogen and oxygen atoms in total. The van der Waals surface area contributed by atoms with Crippen LogP contribution in [0, 0.1) is 18.8 Å². The van der Waals surface area contributed by atoms with E-state index in [-0.39, 0.29) is 29.8 Å². The standard InChI is InChI=1S/C27H31NO6/c1-16-5-8-23(30-2)21(11-16)28-13-19-22(34-15-28)10-7-18-26(29)20(14-33-27(18)19)17-6-9-24(31-3)25(12-17)32-4/h5-6,8-9,11-12,14,18-19,22,27H,7,10,13,15H2,1-4H3. The zero-order chi connectivity index (χ0) is 23.8. The molecule has 4 unspecified atom stereocenters. The van der Waals surface area contributed by atoms with Crippen molar-refractivity contribution in [1.29, 1.82) is 0 Å². The fraction of sp³-hybridized carbons (Fsp3) is 0.444. The summed E-state index contributed by atoms with van der Waals surface area (Å²) in [5.41, 5.74) is 3.52. The number of ketones is 1. The predicted octanol–water partition coefficient (Wildman–Crippen LogP) is 4.22. The third-order valence-corrected chi connectivity index (χ3v) is 7.25. The maximum Gasteiger partial charge on any atom is 0.173 e. The van der Waals surface area contributed by atoms with E-state index in [0.717, 1.165) is 42.0 Å². The fourth-order valence-electron chi connectivity index (χ4n) is 5.46. The SMILES string of the molecule is COc1ccc(C2=COC3C(CCC4OCN(c5cc(C)ccc5OC)CC43)C2=O)cc1OC. The van der Waals surface area contributed by atoms with Gasteiger partial charge in [0.05, 0.1) is 50.9 Å². The summed E-state index contributed by atoms with van der Waals surface area (Å²) in [5.74, 6) is 2.04. The summed E-state index contributed by atoms with van der Waals surface area (Å²) >= 11 is 0. The number of hydrogen-bond acceptors (Lipinski definition) is 7. The molecule has 180 valence electrons. The molecule has 1 saturated heterocycles. The van der Waals surface area contributed by atoms with Gasteiger partial charge in [-0.2, -0.15) is 0 Å². The van der Waals surface area contributed by atoms with Gasteiger partial charge in [-0.3, -0.25) is 4.79 Å². The van der Waals surface area contributed by atoms with Crippen LogP contribution in [-0.2, 0) is 14.3 Å². The van der Waals surface area contributed by atoms with Gasteiger partial charge in [0.15, 0.2) is 17.3 Å². The molecule has 0 bridgehead atoms. The zero-order valence-electron chi connectivity index (χ0n) is 20.1. The Kier molecular flexibility index (Phi) is 6.13. The van der Waals surface area contributed by atoms with Crippen LogP contribution in [0.1, 0.15) is 24.0 Å². The Hall–Kier alpha value is -3.19. The predicted molar refractivity (Wildman–Crippen MR) is 128 cm³/mol. The number of rotatable bonds is 5. The van der Waals surface area contributed by atoms with Crippen LogP contribution in [0.25, 0.3) is 5.57 Å². The highest BCUT2D eigenvalue weighted by Crippen LogP contribution is 2.44. The Morgan fingerprint density at radius 2 is 1.71 bits per heavy atom. The minimum Gasteiger partial charge on any atom is -0.496 e. The van der Waals surface area contributed by atoms with Crippen LogP contribution in [-0.4, -0.2) is 52.6 Å². The van der Waals surface area contributed by atoms with Gasteiger partial charge in [-0.15, -0.1) is 0 Å². The van der Waals surface area contributed by atoms with E-state index in [1.54, 1.807) is 27.6 Å². The summed E-state index contributed by atoms with van der Waals surface area (Å²) in [7, 11) is 4.86. The number of carbonyl (C=O) groups is 1. The molecule has 2 aromatic rings. The molecule has 0 aromatic heterocycles. The third-order valence-electron chi connectivity index (χ3n) is 7.25. The van der Waals surface area contributed by atoms with Gasteiger partial charge in [-0.1, -0.05) is 12.1 Å². The topological polar surface area (TPSA) is 66.5 Å². The lowest BCUT2D eigenvalue weighted by molar-refractivity contribution is -0.140. The number of nitrogens with zero attached hydrogens (tertiary/aromatic N) is 1. The average Bonchev–Trinajstić information content (AvgIpc) is 2.88. The maximum atomic E-state index is 13.6. The molecule has 2 aliphatic heterocycles. The number of hydrogen-bond donors (Lipinski definition) is 0. The van der Waals surface area contributed by atoms with E-state index in [0.29, 0.717) is 23.8 Å². The van der Waals surface area contributed by atoms with Gasteiger partial charge < -0.3 is 28.6 Å². The molecule has 7 heteroatoms. The van der Waals surface area contributed by atoms with Crippen molar-refractivity contribution in [3.63, 3.8) is 0 Å². The van der Waals surface area contributed by atoms with E-state index in [2.05, 4.69) is 17.9 Å². The first-order chi connectivity index (χ1) is 16.5. The molecule has 5 rings (SSSR count). The Morgan fingerprint density at radius 3 is 2.47 bits per heavy atom. The Morgan fingerprint density at radius 1 is 0.941 bits per heavy atom. The van der Waals surface area contributed by atoms with Crippen molar-refractivity contribution < 1.29 is 28.5 Å². The summed E-state index contributed by atoms with van der Waals surface area (Å²) in [5, 5.41) is 0. The lowest BCUT2D eigenvalue weighted by Gasteiger charge is -2.48. The molecule has 0 amide bonds. The van der Waals surface area contributed by atoms with E-state index in [1.165, 1.54) is 0 Å². The molecule has 3 aliphatic rings. The van der Waals surface area contributed by atoms with Gasteiger partial charge in [-0.05, 0) is 55.2 Å². The Balaban J connectivity index is 1.41. The number of carbonyl (C=O) groups excluding carboxylic acids is 1. The minimum atomic E-state index is -0.214. The van der Waals surface area contributed by atoms with Crippen LogP contribution in [0.2, 0.25) is 0 Å². The molecule has 1 aliphatic carbocycles. The molecule has 0 radical (unpaired) electrons. The first-order valence-electron chi connectivity index (χ1n) is 11.7. The van der Waals surface area contributed by atoms with Crippen molar-refractivity contribution in [2.75, 3.05) is 39.5 Å². The van der Waals surface area contributed by atoms with Crippen molar-refractivity contribution in [3.8, 4) is 17.2 Å². The summed E-state index contributed by atoms with van der Waals surface area (Å²) in [6.07, 6.45) is 3.09. The van der Waals surface area contributed by atoms with Crippen LogP contribution in [0.4, 0.5) is 5.69 Å². The molecule has 0 N–H and O–H groups in total. The number of Topliss-reactive ketones (excluding diaryl/α,β-unsaturated/α-hetero) is 1. The monoisotopic (exact) mass is 465 g/mol. The second-order valence-electron chi connectivity index (χ2n) is 9.15. The van der Waals surface area contributed by atoms with E-state index < -0.39 is 0 Å². The van der Waals surface area contributed by atoms with Crippen LogP contribution in [0.3, 0.4) is 0 Å². The second kappa shape index (κ2) is 9.22. The van der Waals surface area contributed by atoms with Crippen LogP contribution < -0.4 is 19.1 Å². The first-order valence-corrected chi connectivity index (χ1v) is 11.7. The number of allylic oxidation sites excluding steroid dienone is 1. The highest BCUT2D eigenvalue weighted by atomic mass is 16.5. The molecule has 0 spiro atoms. The van der Waals surface area contributed by atoms with Crippen LogP contribution in [0.15, 0.2) is 42.7 Å². The number of ether oxygens (including phenoxy) is 5. The highest BCUT2D eigenvalue weighted by Gasteiger charge is 2.49. The molecule has 4 atom stereocenters. The smallest absolute Gasteiger partial charge is 0.173 e. The minimum absolute atomic E-state index is 0.0807. The van der Waals surface area contributed by atoms with E-state index in [1.807, 2.05) is 30.3 Å². The van der Waals surface area contributed by atoms with Crippen molar-refractivity contribution in [2.45, 2.75) is 32.0 Å². The van der Waals surface area contributed by atoms with Gasteiger partial charge in [0.2, 0.25) is 0 Å². The van der Waals surface area contributed by atoms with Gasteiger partial charge in [-0.25, -0.2) is 0 Å². The third kappa shape index (κ3) is 3.88. The average molecular weight is 466 g/mol. The molecule has 2 heterocycles. The first kappa shape index (κ1) is 22.6. The van der Waals surface area contributed by atoms with Gasteiger partial charge in [0.1, 0.15) is 18.6 Å². The number of fused-ring (bicyclic) bond motifs is 3. The fourth-order valence-corrected chi connectivity index (χ4v) is 5.46. The largest absolute Gasteiger partial charge is 0.496 e. The molecular weight excluding hydrogens is 434 g/mol. The Labute approximate surface area is 200 Å². The van der Waals surface area contributed by atoms with Gasteiger partial charge >= 0.3 is 0 Å². The van der Waals surface area contributed by atoms with Crippen molar-refractivity contribution in [1.82, 2.24) is 0 Å². The molecule has 34 heavy (non-hydrogen) atoms. The number of anilines is 1. The lowest BCUT2D eigenvalue weighted by atomic mass is 9.71. The summed E-state index contributed by atoms with van der Waals surface area (Å²) < 4.78 is 28.9. The van der Waals surface area contributed by atoms with E-state index in [4.69, 9.17) is 23.7 Å². The Bertz CT molecular complexity index is 1110. The van der Waals surface area contributed by atoms with E-state index in [9.17, 15) is 4.79 Å². The van der Waals surface area contributed by atoms with Crippen molar-refractivity contribution in [2.24, 2.45) is 11.8 Å². The molecule has 2 aromatic carbocycles. The van der Waals surface area contributed by atoms with Gasteiger partial charge in [0.25, 0.3) is 0 Å². The van der Waals surface area contributed by atoms with Crippen LogP contribution >= 0.6 is 0 Å². The number of benzene rings is 2. The molecule has 2 fully saturated rings. The van der Waals surface area contributed by atoms with Crippen LogP contribution in [0.5, 0.6) is 17.2 Å². The van der Waals surface area contributed by atoms with Crippen molar-refractivity contribution in [3.05, 3.63) is 53.8 Å². The van der Waals surface area contributed by atoms with Gasteiger partial charge in [0, 0.05) is 12.5 Å². The maximum absolute atomic E-state index is 13.6. The van der Waals surface area contributed by atoms with E-state index >= 15 is 0 Å². The number of aryl methyl sites for hydroxylation is 1. The highest BCUT2D eigenvalue weighted by molar-refractivity contribution is 6.22. The summed E-state index contributed by atoms with van der Waals surface area (Å²) in [6, 6.07) is 11.6. The second-order valence-corrected chi connectivity index (χ2v) is 9.15. The lowest BCUT2D eigenvalue weighted by Crippen LogP contribution is -2.56. The number of methoxy groups -OCH3 is 3.